The van der Waals surface area contributed by atoms with Crippen molar-refractivity contribution in [1.82, 2.24) is 19.3 Å². The van der Waals surface area contributed by atoms with Crippen LogP contribution in [0.5, 0.6) is 0 Å². The molecule has 0 radical (unpaired) electrons. The van der Waals surface area contributed by atoms with Crippen LogP contribution in [0.3, 0.4) is 0 Å². The second-order valence-electron chi connectivity index (χ2n) is 7.57. The fraction of sp³-hybridized carbons (Fsp3) is 0.200. The van der Waals surface area contributed by atoms with Crippen molar-refractivity contribution >= 4 is 23.4 Å². The molecule has 2 aromatic carbocycles. The number of benzene rings is 2. The lowest BCUT2D eigenvalue weighted by Crippen LogP contribution is -2.18. The van der Waals surface area contributed by atoms with Crippen LogP contribution in [0.15, 0.2) is 82.9 Å². The van der Waals surface area contributed by atoms with E-state index in [-0.39, 0.29) is 17.2 Å². The number of anilines is 1. The van der Waals surface area contributed by atoms with Gasteiger partial charge in [-0.15, -0.1) is 10.2 Å². The first-order valence-electron chi connectivity index (χ1n) is 10.7. The summed E-state index contributed by atoms with van der Waals surface area (Å²) in [4.78, 5) is 24.4. The molecular formula is C25H25N5O2S. The molecule has 0 saturated carbocycles. The molecule has 33 heavy (non-hydrogen) atoms. The van der Waals surface area contributed by atoms with E-state index >= 15 is 0 Å². The molecule has 4 rings (SSSR count). The van der Waals surface area contributed by atoms with Gasteiger partial charge in [0, 0.05) is 30.1 Å². The Kier molecular flexibility index (Phi) is 7.04. The molecule has 0 aliphatic heterocycles. The van der Waals surface area contributed by atoms with Gasteiger partial charge in [-0.05, 0) is 43.2 Å². The third kappa shape index (κ3) is 5.40. The van der Waals surface area contributed by atoms with Crippen molar-refractivity contribution in [2.24, 2.45) is 0 Å². The van der Waals surface area contributed by atoms with Gasteiger partial charge in [0.05, 0.1) is 12.3 Å². The quantitative estimate of drug-likeness (QED) is 0.399. The maximum absolute atomic E-state index is 12.5. The van der Waals surface area contributed by atoms with Gasteiger partial charge in [0.25, 0.3) is 5.56 Å². The minimum absolute atomic E-state index is 0.0441. The Morgan fingerprint density at radius 3 is 2.48 bits per heavy atom. The highest BCUT2D eigenvalue weighted by atomic mass is 32.2. The fourth-order valence-electron chi connectivity index (χ4n) is 3.51. The summed E-state index contributed by atoms with van der Waals surface area (Å²) in [6.45, 7) is 5.29. The van der Waals surface area contributed by atoms with Crippen molar-refractivity contribution in [3.8, 4) is 11.4 Å². The highest BCUT2D eigenvalue weighted by Crippen LogP contribution is 2.26. The maximum Gasteiger partial charge on any atom is 0.250 e. The van der Waals surface area contributed by atoms with E-state index in [1.807, 2.05) is 73.0 Å². The van der Waals surface area contributed by atoms with Crippen LogP contribution in [0.1, 0.15) is 18.1 Å². The largest absolute Gasteiger partial charge is 0.325 e. The van der Waals surface area contributed by atoms with Gasteiger partial charge in [0.1, 0.15) is 0 Å². The number of amides is 1. The van der Waals surface area contributed by atoms with Gasteiger partial charge < -0.3 is 14.5 Å². The van der Waals surface area contributed by atoms with Crippen LogP contribution in [-0.4, -0.2) is 31.0 Å². The van der Waals surface area contributed by atoms with Gasteiger partial charge >= 0.3 is 0 Å². The van der Waals surface area contributed by atoms with Crippen molar-refractivity contribution in [3.05, 3.63) is 94.4 Å². The van der Waals surface area contributed by atoms with E-state index in [9.17, 15) is 9.59 Å². The first-order chi connectivity index (χ1) is 16.0. The second kappa shape index (κ2) is 10.3. The molecule has 0 aliphatic rings. The normalized spacial score (nSPS) is 10.8. The van der Waals surface area contributed by atoms with Gasteiger partial charge in [-0.25, -0.2) is 0 Å². The Bertz CT molecular complexity index is 1310. The number of aromatic nitrogens is 4. The lowest BCUT2D eigenvalue weighted by molar-refractivity contribution is -0.113. The zero-order valence-corrected chi connectivity index (χ0v) is 19.4. The lowest BCUT2D eigenvalue weighted by atomic mass is 10.1. The summed E-state index contributed by atoms with van der Waals surface area (Å²) in [7, 11) is 0. The molecule has 4 aromatic rings. The molecule has 2 aromatic heterocycles. The molecule has 0 atom stereocenters. The van der Waals surface area contributed by atoms with E-state index in [1.54, 1.807) is 16.8 Å². The molecule has 8 heteroatoms. The number of aryl methyl sites for hydroxylation is 1. The number of thioether (sulfide) groups is 1. The molecule has 2 heterocycles. The van der Waals surface area contributed by atoms with E-state index in [2.05, 4.69) is 15.5 Å². The summed E-state index contributed by atoms with van der Waals surface area (Å²) in [5.41, 5.74) is 3.82. The Morgan fingerprint density at radius 1 is 1.00 bits per heavy atom. The molecular weight excluding hydrogens is 434 g/mol. The van der Waals surface area contributed by atoms with Crippen LogP contribution in [-0.2, 0) is 17.9 Å². The average molecular weight is 460 g/mol. The van der Waals surface area contributed by atoms with E-state index in [1.165, 1.54) is 17.8 Å². The van der Waals surface area contributed by atoms with E-state index < -0.39 is 0 Å². The molecule has 0 bridgehead atoms. The summed E-state index contributed by atoms with van der Waals surface area (Å²) >= 11 is 1.37. The summed E-state index contributed by atoms with van der Waals surface area (Å²) in [5.74, 6) is 0.925. The smallest absolute Gasteiger partial charge is 0.250 e. The van der Waals surface area contributed by atoms with Crippen LogP contribution in [0.25, 0.3) is 11.4 Å². The zero-order valence-electron chi connectivity index (χ0n) is 18.6. The summed E-state index contributed by atoms with van der Waals surface area (Å²) < 4.78 is 3.67. The van der Waals surface area contributed by atoms with Crippen molar-refractivity contribution < 1.29 is 4.79 Å². The molecule has 0 fully saturated rings. The van der Waals surface area contributed by atoms with E-state index in [0.717, 1.165) is 27.7 Å². The van der Waals surface area contributed by atoms with Crippen molar-refractivity contribution in [2.45, 2.75) is 32.1 Å². The maximum atomic E-state index is 12.5. The molecule has 0 spiro atoms. The van der Waals surface area contributed by atoms with Crippen LogP contribution < -0.4 is 10.9 Å². The number of carbonyl (C=O) groups is 1. The van der Waals surface area contributed by atoms with Gasteiger partial charge in [-0.2, -0.15) is 0 Å². The van der Waals surface area contributed by atoms with Gasteiger partial charge in [-0.1, -0.05) is 54.2 Å². The summed E-state index contributed by atoms with van der Waals surface area (Å²) in [5, 5.41) is 12.3. The summed E-state index contributed by atoms with van der Waals surface area (Å²) in [6.07, 6.45) is 1.76. The Morgan fingerprint density at radius 2 is 1.76 bits per heavy atom. The average Bonchev–Trinajstić information content (AvgIpc) is 3.23. The molecule has 7 nitrogen and oxygen atoms in total. The fourth-order valence-corrected chi connectivity index (χ4v) is 4.31. The zero-order chi connectivity index (χ0) is 23.2. The predicted octanol–water partition coefficient (Wildman–Crippen LogP) is 4.21. The number of hydrogen-bond acceptors (Lipinski definition) is 5. The third-order valence-corrected chi connectivity index (χ3v) is 6.21. The minimum atomic E-state index is -0.116. The second-order valence-corrected chi connectivity index (χ2v) is 8.51. The first kappa shape index (κ1) is 22.5. The summed E-state index contributed by atoms with van der Waals surface area (Å²) in [6, 6.07) is 20.7. The number of hydrogen-bond donors (Lipinski definition) is 1. The molecule has 1 amide bonds. The topological polar surface area (TPSA) is 81.8 Å². The van der Waals surface area contributed by atoms with Crippen LogP contribution in [0.2, 0.25) is 0 Å². The molecule has 0 aliphatic carbocycles. The van der Waals surface area contributed by atoms with Gasteiger partial charge in [0.2, 0.25) is 5.91 Å². The number of nitrogens with one attached hydrogen (secondary N) is 1. The Hall–Kier alpha value is -3.65. The standard InChI is InChI=1S/C25H25N5O2S/c1-3-30-24(21-9-5-4-8-18(21)2)27-28-25(30)33-17-22(31)26-20-13-11-19(12-14-20)16-29-15-7-6-10-23(29)32/h4-15H,3,16-17H2,1-2H3,(H,26,31). The molecule has 1 N–H and O–H groups in total. The first-order valence-corrected chi connectivity index (χ1v) is 11.7. The van der Waals surface area contributed by atoms with Crippen LogP contribution in [0.4, 0.5) is 5.69 Å². The van der Waals surface area contributed by atoms with Crippen LogP contribution >= 0.6 is 11.8 Å². The van der Waals surface area contributed by atoms with Crippen molar-refractivity contribution in [3.63, 3.8) is 0 Å². The third-order valence-electron chi connectivity index (χ3n) is 5.24. The minimum Gasteiger partial charge on any atom is -0.325 e. The molecule has 0 unspecified atom stereocenters. The van der Waals surface area contributed by atoms with E-state index in [0.29, 0.717) is 18.8 Å². The number of pyridine rings is 1. The van der Waals surface area contributed by atoms with Gasteiger partial charge in [-0.3, -0.25) is 9.59 Å². The van der Waals surface area contributed by atoms with Gasteiger partial charge in [0.15, 0.2) is 11.0 Å². The molecule has 168 valence electrons. The van der Waals surface area contributed by atoms with E-state index in [4.69, 9.17) is 0 Å². The monoisotopic (exact) mass is 459 g/mol. The molecule has 0 saturated heterocycles. The lowest BCUT2D eigenvalue weighted by Gasteiger charge is -2.10. The SMILES string of the molecule is CCn1c(SCC(=O)Nc2ccc(Cn3ccccc3=O)cc2)nnc1-c1ccccc1C. The predicted molar refractivity (Wildman–Crippen MR) is 131 cm³/mol. The Balaban J connectivity index is 1.37. The van der Waals surface area contributed by atoms with Crippen molar-refractivity contribution in [2.75, 3.05) is 11.1 Å². The Labute approximate surface area is 196 Å². The number of nitrogens with zero attached hydrogens (tertiary/aromatic N) is 4. The number of rotatable bonds is 8. The highest BCUT2D eigenvalue weighted by molar-refractivity contribution is 7.99. The highest BCUT2D eigenvalue weighted by Gasteiger charge is 2.16. The number of carbonyl (C=O) groups excluding carboxylic acids is 1. The van der Waals surface area contributed by atoms with Crippen molar-refractivity contribution in [1.29, 1.82) is 0 Å². The van der Waals surface area contributed by atoms with Crippen LogP contribution in [0, 0.1) is 6.92 Å².